The highest BCUT2D eigenvalue weighted by Crippen LogP contribution is 2.27. The van der Waals surface area contributed by atoms with Crippen LogP contribution in [0.4, 0.5) is 5.13 Å². The number of carbonyl (C=O) groups is 2. The van der Waals surface area contributed by atoms with Gasteiger partial charge in [0.05, 0.1) is 5.69 Å². The van der Waals surface area contributed by atoms with Crippen LogP contribution in [0, 0.1) is 25.7 Å². The molecular formula is C21H27N3O2S. The third kappa shape index (κ3) is 4.56. The minimum Gasteiger partial charge on any atom is -0.342 e. The summed E-state index contributed by atoms with van der Waals surface area (Å²) in [5, 5.41) is 5.57. The number of aryl methyl sites for hydroxylation is 2. The van der Waals surface area contributed by atoms with Gasteiger partial charge in [0.2, 0.25) is 11.8 Å². The summed E-state index contributed by atoms with van der Waals surface area (Å²) < 4.78 is 0. The van der Waals surface area contributed by atoms with Crippen molar-refractivity contribution in [3.8, 4) is 11.3 Å². The first-order valence-corrected chi connectivity index (χ1v) is 10.4. The second-order valence-corrected chi connectivity index (χ2v) is 8.44. The number of carbonyl (C=O) groups excluding carboxylic acids is 2. The number of anilines is 1. The highest BCUT2D eigenvalue weighted by molar-refractivity contribution is 7.14. The average molecular weight is 386 g/mol. The minimum absolute atomic E-state index is 0.00707. The summed E-state index contributed by atoms with van der Waals surface area (Å²) in [6.45, 7) is 9.31. The van der Waals surface area contributed by atoms with Crippen LogP contribution in [0.1, 0.15) is 37.8 Å². The lowest BCUT2D eigenvalue weighted by Crippen LogP contribution is -2.43. The zero-order valence-corrected chi connectivity index (χ0v) is 17.2. The highest BCUT2D eigenvalue weighted by Gasteiger charge is 2.28. The van der Waals surface area contributed by atoms with Crippen LogP contribution in [0.15, 0.2) is 23.6 Å². The highest BCUT2D eigenvalue weighted by atomic mass is 32.1. The van der Waals surface area contributed by atoms with E-state index in [1.54, 1.807) is 0 Å². The fourth-order valence-electron chi connectivity index (χ4n) is 3.30. The molecule has 2 amide bonds. The van der Waals surface area contributed by atoms with E-state index in [4.69, 9.17) is 0 Å². The molecule has 2 heterocycles. The molecule has 0 unspecified atom stereocenters. The molecule has 0 spiro atoms. The number of thiazole rings is 1. The molecule has 0 bridgehead atoms. The van der Waals surface area contributed by atoms with Crippen LogP contribution in [0.3, 0.4) is 0 Å². The van der Waals surface area contributed by atoms with Gasteiger partial charge in [0.15, 0.2) is 5.13 Å². The molecule has 0 radical (unpaired) electrons. The lowest BCUT2D eigenvalue weighted by Gasteiger charge is -2.32. The number of rotatable bonds is 4. The summed E-state index contributed by atoms with van der Waals surface area (Å²) in [7, 11) is 0. The van der Waals surface area contributed by atoms with Crippen molar-refractivity contribution in [2.75, 3.05) is 18.4 Å². The van der Waals surface area contributed by atoms with Gasteiger partial charge in [0.25, 0.3) is 0 Å². The Morgan fingerprint density at radius 2 is 1.89 bits per heavy atom. The zero-order chi connectivity index (χ0) is 19.6. The number of likely N-dealkylation sites (tertiary alicyclic amines) is 1. The van der Waals surface area contributed by atoms with Gasteiger partial charge in [-0.1, -0.05) is 26.0 Å². The van der Waals surface area contributed by atoms with Crippen LogP contribution in [-0.2, 0) is 9.59 Å². The van der Waals surface area contributed by atoms with Gasteiger partial charge < -0.3 is 10.2 Å². The van der Waals surface area contributed by atoms with Gasteiger partial charge in [0.1, 0.15) is 0 Å². The molecule has 1 fully saturated rings. The van der Waals surface area contributed by atoms with E-state index < -0.39 is 0 Å². The molecular weight excluding hydrogens is 358 g/mol. The Labute approximate surface area is 164 Å². The smallest absolute Gasteiger partial charge is 0.229 e. The third-order valence-electron chi connectivity index (χ3n) is 5.21. The largest absolute Gasteiger partial charge is 0.342 e. The molecule has 144 valence electrons. The molecule has 27 heavy (non-hydrogen) atoms. The first-order chi connectivity index (χ1) is 12.8. The first kappa shape index (κ1) is 19.5. The van der Waals surface area contributed by atoms with E-state index in [1.165, 1.54) is 22.5 Å². The topological polar surface area (TPSA) is 62.3 Å². The molecule has 1 saturated heterocycles. The summed E-state index contributed by atoms with van der Waals surface area (Å²) in [4.78, 5) is 31.1. The van der Waals surface area contributed by atoms with Gasteiger partial charge in [0, 0.05) is 35.9 Å². The van der Waals surface area contributed by atoms with Crippen molar-refractivity contribution in [3.63, 3.8) is 0 Å². The number of piperidine rings is 1. The number of nitrogens with zero attached hydrogens (tertiary/aromatic N) is 2. The summed E-state index contributed by atoms with van der Waals surface area (Å²) >= 11 is 1.45. The van der Waals surface area contributed by atoms with Gasteiger partial charge in [-0.3, -0.25) is 9.59 Å². The van der Waals surface area contributed by atoms with Crippen molar-refractivity contribution in [1.29, 1.82) is 0 Å². The molecule has 1 aliphatic rings. The van der Waals surface area contributed by atoms with Crippen LogP contribution >= 0.6 is 11.3 Å². The molecule has 5 nitrogen and oxygen atoms in total. The Bertz CT molecular complexity index is 836. The van der Waals surface area contributed by atoms with Gasteiger partial charge in [-0.05, 0) is 43.9 Å². The predicted molar refractivity (Wildman–Crippen MR) is 110 cm³/mol. The quantitative estimate of drug-likeness (QED) is 0.855. The number of hydrogen-bond acceptors (Lipinski definition) is 4. The second kappa shape index (κ2) is 8.21. The number of aromatic nitrogens is 1. The number of amides is 2. The Kier molecular flexibility index (Phi) is 5.95. The van der Waals surface area contributed by atoms with E-state index in [-0.39, 0.29) is 23.7 Å². The van der Waals surface area contributed by atoms with E-state index in [0.717, 1.165) is 11.3 Å². The van der Waals surface area contributed by atoms with Crippen molar-refractivity contribution in [2.45, 2.75) is 40.5 Å². The monoisotopic (exact) mass is 385 g/mol. The molecule has 0 saturated carbocycles. The van der Waals surface area contributed by atoms with E-state index >= 15 is 0 Å². The summed E-state index contributed by atoms with van der Waals surface area (Å²) in [6.07, 6.45) is 1.42. The fourth-order valence-corrected chi connectivity index (χ4v) is 4.02. The molecule has 1 aromatic heterocycles. The van der Waals surface area contributed by atoms with Crippen molar-refractivity contribution >= 4 is 28.3 Å². The van der Waals surface area contributed by atoms with Crippen LogP contribution in [-0.4, -0.2) is 34.8 Å². The molecule has 2 aromatic rings. The van der Waals surface area contributed by atoms with Gasteiger partial charge in [-0.2, -0.15) is 0 Å². The summed E-state index contributed by atoms with van der Waals surface area (Å²) in [5.74, 6) is 0.129. The lowest BCUT2D eigenvalue weighted by atomic mass is 9.95. The van der Waals surface area contributed by atoms with Crippen molar-refractivity contribution in [3.05, 3.63) is 34.7 Å². The van der Waals surface area contributed by atoms with Crippen LogP contribution < -0.4 is 5.32 Å². The van der Waals surface area contributed by atoms with Gasteiger partial charge in [-0.25, -0.2) is 4.98 Å². The Morgan fingerprint density at radius 3 is 2.52 bits per heavy atom. The van der Waals surface area contributed by atoms with Gasteiger partial charge >= 0.3 is 0 Å². The average Bonchev–Trinajstić information content (AvgIpc) is 3.11. The minimum atomic E-state index is -0.0600. The van der Waals surface area contributed by atoms with E-state index in [1.807, 2.05) is 24.1 Å². The third-order valence-corrected chi connectivity index (χ3v) is 5.97. The molecule has 3 rings (SSSR count). The Hall–Kier alpha value is -2.21. The van der Waals surface area contributed by atoms with Crippen LogP contribution in [0.5, 0.6) is 0 Å². The van der Waals surface area contributed by atoms with Crippen LogP contribution in [0.2, 0.25) is 0 Å². The van der Waals surface area contributed by atoms with Crippen molar-refractivity contribution in [1.82, 2.24) is 9.88 Å². The zero-order valence-electron chi connectivity index (χ0n) is 16.4. The van der Waals surface area contributed by atoms with Crippen molar-refractivity contribution < 1.29 is 9.59 Å². The maximum atomic E-state index is 12.6. The van der Waals surface area contributed by atoms with E-state index in [0.29, 0.717) is 31.1 Å². The molecule has 1 N–H and O–H groups in total. The standard InChI is InChI=1S/C21H27N3O2S/c1-13(2)20(26)24-9-7-16(8-10-24)19(25)23-21-22-18(12-27-21)17-6-5-14(3)15(4)11-17/h5-6,11-13,16H,7-10H2,1-4H3,(H,22,23,25). The maximum absolute atomic E-state index is 12.6. The Morgan fingerprint density at radius 1 is 1.19 bits per heavy atom. The SMILES string of the molecule is Cc1ccc(-c2csc(NC(=O)C3CCN(C(=O)C(C)C)CC3)n2)cc1C. The summed E-state index contributed by atoms with van der Waals surface area (Å²) in [6, 6.07) is 6.27. The van der Waals surface area contributed by atoms with Gasteiger partial charge in [-0.15, -0.1) is 11.3 Å². The van der Waals surface area contributed by atoms with E-state index in [9.17, 15) is 9.59 Å². The normalized spacial score (nSPS) is 15.2. The van der Waals surface area contributed by atoms with E-state index in [2.05, 4.69) is 42.3 Å². The maximum Gasteiger partial charge on any atom is 0.229 e. The molecule has 0 aliphatic carbocycles. The molecule has 1 aliphatic heterocycles. The molecule has 1 aromatic carbocycles. The van der Waals surface area contributed by atoms with Crippen molar-refractivity contribution in [2.24, 2.45) is 11.8 Å². The number of hydrogen-bond donors (Lipinski definition) is 1. The number of nitrogens with one attached hydrogen (secondary N) is 1. The Balaban J connectivity index is 1.58. The first-order valence-electron chi connectivity index (χ1n) is 9.48. The van der Waals surface area contributed by atoms with Crippen LogP contribution in [0.25, 0.3) is 11.3 Å². The predicted octanol–water partition coefficient (Wildman–Crippen LogP) is 4.26. The summed E-state index contributed by atoms with van der Waals surface area (Å²) in [5.41, 5.74) is 4.43. The fraction of sp³-hybridized carbons (Fsp3) is 0.476. The second-order valence-electron chi connectivity index (χ2n) is 7.58. The molecule has 6 heteroatoms. The lowest BCUT2D eigenvalue weighted by molar-refractivity contribution is -0.137. The number of benzene rings is 1. The molecule has 0 atom stereocenters.